The molecule has 136 valence electrons. The van der Waals surface area contributed by atoms with Gasteiger partial charge in [0, 0.05) is 0 Å². The van der Waals surface area contributed by atoms with Gasteiger partial charge < -0.3 is 20.3 Å². The maximum Gasteiger partial charge on any atom is 0.320 e. The molecule has 0 bridgehead atoms. The summed E-state index contributed by atoms with van der Waals surface area (Å²) in [5.41, 5.74) is 8.23. The molecule has 3 N–H and O–H groups in total. The van der Waals surface area contributed by atoms with Crippen molar-refractivity contribution in [2.24, 2.45) is 0 Å². The summed E-state index contributed by atoms with van der Waals surface area (Å²) in [7, 11) is 1.35. The Kier molecular flexibility index (Phi) is 4.87. The van der Waals surface area contributed by atoms with E-state index in [2.05, 4.69) is 19.7 Å². The third kappa shape index (κ3) is 3.51. The van der Waals surface area contributed by atoms with Crippen LogP contribution in [0.25, 0.3) is 11.2 Å². The van der Waals surface area contributed by atoms with Crippen LogP contribution in [0.4, 0.5) is 5.82 Å². The number of benzene rings is 1. The average molecular weight is 357 g/mol. The zero-order chi connectivity index (χ0) is 18.7. The van der Waals surface area contributed by atoms with Crippen LogP contribution in [0, 0.1) is 0 Å². The number of hydrogen-bond acceptors (Lipinski definition) is 8. The monoisotopic (exact) mass is 357 g/mol. The van der Waals surface area contributed by atoms with E-state index in [-0.39, 0.29) is 30.2 Å². The molecule has 0 amide bonds. The molecule has 9 nitrogen and oxygen atoms in total. The van der Waals surface area contributed by atoms with E-state index >= 15 is 0 Å². The summed E-state index contributed by atoms with van der Waals surface area (Å²) >= 11 is 0. The van der Waals surface area contributed by atoms with Crippen molar-refractivity contribution in [2.75, 3.05) is 19.5 Å². The number of carbonyl (C=O) groups excluding carboxylic acids is 1. The van der Waals surface area contributed by atoms with E-state index < -0.39 is 0 Å². The first-order valence-electron chi connectivity index (χ1n) is 8.02. The van der Waals surface area contributed by atoms with Gasteiger partial charge in [0.25, 0.3) is 6.01 Å². The first-order valence-corrected chi connectivity index (χ1v) is 8.02. The molecular formula is C17H19N5O4. The largest absolute Gasteiger partial charge is 0.480 e. The Morgan fingerprint density at radius 3 is 2.77 bits per heavy atom. The summed E-state index contributed by atoms with van der Waals surface area (Å²) < 4.78 is 11.5. The zero-order valence-corrected chi connectivity index (χ0v) is 14.5. The quantitative estimate of drug-likeness (QED) is 0.632. The first-order chi connectivity index (χ1) is 12.5. The van der Waals surface area contributed by atoms with E-state index in [9.17, 15) is 9.90 Å². The molecular weight excluding hydrogens is 338 g/mol. The molecule has 0 aliphatic heterocycles. The number of imidazole rings is 1. The number of carbonyl (C=O) groups is 1. The Balaban J connectivity index is 1.97. The van der Waals surface area contributed by atoms with Crippen molar-refractivity contribution in [2.45, 2.75) is 19.9 Å². The second kappa shape index (κ2) is 7.26. The summed E-state index contributed by atoms with van der Waals surface area (Å²) in [6, 6.07) is 7.29. The van der Waals surface area contributed by atoms with Crippen molar-refractivity contribution < 1.29 is 19.4 Å². The third-order valence-electron chi connectivity index (χ3n) is 3.76. The number of nitrogens with two attached hydrogens (primary N) is 1. The van der Waals surface area contributed by atoms with Crippen LogP contribution in [0.15, 0.2) is 24.3 Å². The zero-order valence-electron chi connectivity index (χ0n) is 14.5. The molecule has 0 saturated heterocycles. The predicted octanol–water partition coefficient (Wildman–Crippen LogP) is 1.28. The molecule has 3 aromatic rings. The number of fused-ring (bicyclic) bond motifs is 1. The van der Waals surface area contributed by atoms with E-state index in [1.165, 1.54) is 11.7 Å². The molecule has 0 radical (unpaired) electrons. The lowest BCUT2D eigenvalue weighted by molar-refractivity contribution is -0.139. The molecule has 0 spiro atoms. The Bertz CT molecular complexity index is 954. The van der Waals surface area contributed by atoms with Gasteiger partial charge in [-0.3, -0.25) is 9.36 Å². The molecule has 3 rings (SSSR count). The van der Waals surface area contributed by atoms with Crippen molar-refractivity contribution in [1.29, 1.82) is 0 Å². The molecule has 9 heteroatoms. The topological polar surface area (TPSA) is 125 Å². The van der Waals surface area contributed by atoms with Crippen molar-refractivity contribution in [1.82, 2.24) is 19.5 Å². The van der Waals surface area contributed by atoms with Gasteiger partial charge in [0.1, 0.15) is 0 Å². The normalized spacial score (nSPS) is 10.8. The minimum absolute atomic E-state index is 0.123. The highest BCUT2D eigenvalue weighted by Gasteiger charge is 2.17. The molecule has 0 unspecified atom stereocenters. The Morgan fingerprint density at radius 2 is 2.04 bits per heavy atom. The van der Waals surface area contributed by atoms with Crippen LogP contribution in [0.1, 0.15) is 18.1 Å². The minimum Gasteiger partial charge on any atom is -0.480 e. The second-order valence-corrected chi connectivity index (χ2v) is 5.57. The number of anilines is 1. The van der Waals surface area contributed by atoms with Crippen LogP contribution < -0.4 is 10.5 Å². The van der Waals surface area contributed by atoms with Crippen LogP contribution in [0.5, 0.6) is 12.0 Å². The fourth-order valence-electron chi connectivity index (χ4n) is 2.59. The number of aromatic nitrogens is 4. The smallest absolute Gasteiger partial charge is 0.320 e. The Morgan fingerprint density at radius 1 is 1.27 bits per heavy atom. The summed E-state index contributed by atoms with van der Waals surface area (Å²) in [5.74, 6) is -0.188. The van der Waals surface area contributed by atoms with Gasteiger partial charge in [-0.05, 0) is 18.1 Å². The second-order valence-electron chi connectivity index (χ2n) is 5.57. The highest BCUT2D eigenvalue weighted by atomic mass is 16.5. The maximum atomic E-state index is 11.5. The number of nitrogens with zero attached hydrogens (tertiary/aromatic N) is 4. The molecule has 2 aromatic heterocycles. The van der Waals surface area contributed by atoms with Crippen molar-refractivity contribution in [3.8, 4) is 12.0 Å². The van der Waals surface area contributed by atoms with Crippen LogP contribution in [0.3, 0.4) is 0 Å². The number of hydrogen-bond donors (Lipinski definition) is 2. The van der Waals surface area contributed by atoms with Gasteiger partial charge in [-0.1, -0.05) is 24.3 Å². The standard InChI is InChI=1S/C17H19N5O4/c1-3-26-16-20-14(18)13-15(21-16)22(17(24)19-13)9-11-6-4-5-10(7-11)8-12(23)25-2/h4-7H,3,8-9H2,1-2H3,(H,19,24)(H2,18,20,21). The molecule has 0 saturated carbocycles. The fraction of sp³-hybridized carbons (Fsp3) is 0.294. The summed E-state index contributed by atoms with van der Waals surface area (Å²) in [6.07, 6.45) is 0.171. The molecule has 0 fully saturated rings. The maximum absolute atomic E-state index is 11.5. The minimum atomic E-state index is -0.319. The number of ether oxygens (including phenoxy) is 2. The first kappa shape index (κ1) is 17.5. The van der Waals surface area contributed by atoms with E-state index in [1.54, 1.807) is 0 Å². The van der Waals surface area contributed by atoms with Gasteiger partial charge in [0.15, 0.2) is 17.0 Å². The highest BCUT2D eigenvalue weighted by Crippen LogP contribution is 2.25. The lowest BCUT2D eigenvalue weighted by Gasteiger charge is -2.08. The number of nitrogen functional groups attached to an aromatic ring is 1. The molecule has 2 heterocycles. The SMILES string of the molecule is CCOc1nc(N)c2nc(O)n(Cc3cccc(CC(=O)OC)c3)c2n1. The molecule has 0 aliphatic rings. The Labute approximate surface area is 149 Å². The Hall–Kier alpha value is -3.36. The lowest BCUT2D eigenvalue weighted by Crippen LogP contribution is -2.06. The average Bonchev–Trinajstić information content (AvgIpc) is 2.92. The number of esters is 1. The van der Waals surface area contributed by atoms with E-state index in [0.29, 0.717) is 24.3 Å². The van der Waals surface area contributed by atoms with Gasteiger partial charge in [0.05, 0.1) is 26.7 Å². The van der Waals surface area contributed by atoms with Gasteiger partial charge >= 0.3 is 12.0 Å². The molecule has 26 heavy (non-hydrogen) atoms. The molecule has 0 aliphatic carbocycles. The van der Waals surface area contributed by atoms with Crippen molar-refractivity contribution in [3.05, 3.63) is 35.4 Å². The molecule has 0 atom stereocenters. The van der Waals surface area contributed by atoms with Crippen LogP contribution in [-0.4, -0.2) is 44.3 Å². The number of aromatic hydroxyl groups is 1. The van der Waals surface area contributed by atoms with Gasteiger partial charge in [-0.2, -0.15) is 15.0 Å². The third-order valence-corrected chi connectivity index (χ3v) is 3.76. The predicted molar refractivity (Wildman–Crippen MR) is 93.8 cm³/mol. The van der Waals surface area contributed by atoms with Crippen molar-refractivity contribution >= 4 is 23.0 Å². The van der Waals surface area contributed by atoms with E-state index in [0.717, 1.165) is 11.1 Å². The van der Waals surface area contributed by atoms with E-state index in [4.69, 9.17) is 10.5 Å². The van der Waals surface area contributed by atoms with Crippen LogP contribution in [-0.2, 0) is 22.5 Å². The summed E-state index contributed by atoms with van der Waals surface area (Å²) in [6.45, 7) is 2.49. The van der Waals surface area contributed by atoms with Crippen LogP contribution >= 0.6 is 0 Å². The van der Waals surface area contributed by atoms with Crippen LogP contribution in [0.2, 0.25) is 0 Å². The summed E-state index contributed by atoms with van der Waals surface area (Å²) in [5, 5.41) is 10.2. The van der Waals surface area contributed by atoms with Gasteiger partial charge in [-0.25, -0.2) is 0 Å². The number of rotatable bonds is 6. The van der Waals surface area contributed by atoms with Gasteiger partial charge in [-0.15, -0.1) is 0 Å². The summed E-state index contributed by atoms with van der Waals surface area (Å²) in [4.78, 5) is 23.8. The fourth-order valence-corrected chi connectivity index (χ4v) is 2.59. The lowest BCUT2D eigenvalue weighted by atomic mass is 10.1. The molecule has 1 aromatic carbocycles. The highest BCUT2D eigenvalue weighted by molar-refractivity contribution is 5.83. The number of methoxy groups -OCH3 is 1. The van der Waals surface area contributed by atoms with Gasteiger partial charge in [0.2, 0.25) is 0 Å². The van der Waals surface area contributed by atoms with E-state index in [1.807, 2.05) is 31.2 Å². The van der Waals surface area contributed by atoms with Crippen molar-refractivity contribution in [3.63, 3.8) is 0 Å².